The third-order valence-corrected chi connectivity index (χ3v) is 8.92. The van der Waals surface area contributed by atoms with Gasteiger partial charge in [-0.25, -0.2) is 30.7 Å². The van der Waals surface area contributed by atoms with E-state index < -0.39 is 49.8 Å². The number of anilines is 2. The molecule has 0 aromatic heterocycles. The molecular formula is C23H27F4N3O7S2. The van der Waals surface area contributed by atoms with Gasteiger partial charge in [-0.3, -0.25) is 9.62 Å². The molecule has 0 spiro atoms. The summed E-state index contributed by atoms with van der Waals surface area (Å²) in [6, 6.07) is 7.62. The summed E-state index contributed by atoms with van der Waals surface area (Å²) in [7, 11) is -8.01. The van der Waals surface area contributed by atoms with E-state index in [1.165, 1.54) is 12.1 Å². The molecule has 0 fully saturated rings. The minimum Gasteiger partial charge on any atom is -0.485 e. The fraction of sp³-hybridized carbons (Fsp3) is 0.435. The van der Waals surface area contributed by atoms with Gasteiger partial charge in [-0.2, -0.15) is 13.2 Å². The van der Waals surface area contributed by atoms with Crippen molar-refractivity contribution in [2.24, 2.45) is 0 Å². The topological polar surface area (TPSA) is 131 Å². The second kappa shape index (κ2) is 11.2. The van der Waals surface area contributed by atoms with Gasteiger partial charge in [0.15, 0.2) is 0 Å². The molecule has 1 aliphatic rings. The average Bonchev–Trinajstić information content (AvgIpc) is 2.81. The molecule has 0 aliphatic carbocycles. The minimum absolute atomic E-state index is 0.0128. The largest absolute Gasteiger partial charge is 0.485 e. The summed E-state index contributed by atoms with van der Waals surface area (Å²) < 4.78 is 117. The normalized spacial score (nSPS) is 16.3. The zero-order chi connectivity index (χ0) is 29.2. The molecule has 39 heavy (non-hydrogen) atoms. The van der Waals surface area contributed by atoms with Crippen LogP contribution < -0.4 is 19.1 Å². The number of carbonyl (C=O) groups excluding carboxylic acids is 1. The molecule has 3 rings (SSSR count). The molecule has 1 atom stereocenters. The van der Waals surface area contributed by atoms with Crippen molar-refractivity contribution in [3.63, 3.8) is 0 Å². The van der Waals surface area contributed by atoms with Gasteiger partial charge in [0.2, 0.25) is 15.6 Å². The van der Waals surface area contributed by atoms with Gasteiger partial charge < -0.3 is 9.47 Å². The molecule has 0 radical (unpaired) electrons. The van der Waals surface area contributed by atoms with Crippen LogP contribution in [0.15, 0.2) is 47.4 Å². The number of halogens is 4. The lowest BCUT2D eigenvalue weighted by atomic mass is 10.1. The molecule has 2 aromatic carbocycles. The van der Waals surface area contributed by atoms with Gasteiger partial charge in [0.05, 0.1) is 22.9 Å². The van der Waals surface area contributed by atoms with Crippen LogP contribution in [0.4, 0.5) is 33.7 Å². The SMILES string of the molecule is CCCS(=O)(=O)NC[C@H]1CN(S(=O)(=O)c2ccc(F)cc2)c2cc(NC(=O)OC(C)(C)C(F)(F)F)ccc2O1. The van der Waals surface area contributed by atoms with E-state index >= 15 is 0 Å². The van der Waals surface area contributed by atoms with Gasteiger partial charge in [0.25, 0.3) is 10.0 Å². The lowest BCUT2D eigenvalue weighted by molar-refractivity contribution is -0.242. The predicted octanol–water partition coefficient (Wildman–Crippen LogP) is 4.00. The maximum Gasteiger partial charge on any atom is 0.427 e. The van der Waals surface area contributed by atoms with E-state index in [1.54, 1.807) is 6.92 Å². The molecule has 2 aromatic rings. The first kappa shape index (κ1) is 30.4. The second-order valence-corrected chi connectivity index (χ2v) is 12.9. The van der Waals surface area contributed by atoms with Crippen molar-refractivity contribution in [3.05, 3.63) is 48.3 Å². The molecule has 0 saturated heterocycles. The average molecular weight is 598 g/mol. The van der Waals surface area contributed by atoms with E-state index in [1.807, 2.05) is 0 Å². The Morgan fingerprint density at radius 3 is 2.33 bits per heavy atom. The minimum atomic E-state index is -4.85. The van der Waals surface area contributed by atoms with Crippen molar-refractivity contribution in [2.75, 3.05) is 28.5 Å². The van der Waals surface area contributed by atoms with Gasteiger partial charge in [-0.15, -0.1) is 0 Å². The van der Waals surface area contributed by atoms with Crippen molar-refractivity contribution in [1.29, 1.82) is 0 Å². The molecule has 2 N–H and O–H groups in total. The number of sulfonamides is 2. The summed E-state index contributed by atoms with van der Waals surface area (Å²) in [5.74, 6) is -0.836. The maximum absolute atomic E-state index is 13.5. The van der Waals surface area contributed by atoms with E-state index in [2.05, 4.69) is 14.8 Å². The van der Waals surface area contributed by atoms with Crippen LogP contribution in [0.3, 0.4) is 0 Å². The number of fused-ring (bicyclic) bond motifs is 1. The standard InChI is InChI=1S/C23H27F4N3O7S2/c1-4-11-38(32,33)28-13-17-14-30(39(34,35)18-8-5-15(24)6-9-18)19-12-16(7-10-20(19)36-17)29-21(31)37-22(2,3)23(25,26)27/h5-10,12,17,28H,4,11,13-14H2,1-3H3,(H,29,31)/t17-/m0/s1. The summed E-state index contributed by atoms with van der Waals surface area (Å²) in [6.45, 7) is 2.36. The van der Waals surface area contributed by atoms with Crippen LogP contribution in [0.25, 0.3) is 0 Å². The number of carbonyl (C=O) groups is 1. The number of nitrogens with zero attached hydrogens (tertiary/aromatic N) is 1. The lowest BCUT2D eigenvalue weighted by Gasteiger charge is -2.36. The fourth-order valence-electron chi connectivity index (χ4n) is 3.45. The maximum atomic E-state index is 13.5. The van der Waals surface area contributed by atoms with Crippen LogP contribution >= 0.6 is 0 Å². The first-order valence-corrected chi connectivity index (χ1v) is 14.7. The first-order chi connectivity index (χ1) is 17.9. The molecule has 1 amide bonds. The highest BCUT2D eigenvalue weighted by atomic mass is 32.2. The monoisotopic (exact) mass is 597 g/mol. The number of hydrogen-bond acceptors (Lipinski definition) is 7. The van der Waals surface area contributed by atoms with Crippen molar-refractivity contribution < 1.29 is 48.7 Å². The lowest BCUT2D eigenvalue weighted by Crippen LogP contribution is -2.48. The van der Waals surface area contributed by atoms with Crippen molar-refractivity contribution in [2.45, 2.75) is 50.0 Å². The Kier molecular flexibility index (Phi) is 8.72. The third kappa shape index (κ3) is 7.30. The summed E-state index contributed by atoms with van der Waals surface area (Å²) >= 11 is 0. The molecule has 1 aliphatic heterocycles. The van der Waals surface area contributed by atoms with Gasteiger partial charge in [-0.1, -0.05) is 6.92 Å². The quantitative estimate of drug-likeness (QED) is 0.418. The number of amides is 1. The van der Waals surface area contributed by atoms with Gasteiger partial charge >= 0.3 is 12.3 Å². The Morgan fingerprint density at radius 1 is 1.10 bits per heavy atom. The highest BCUT2D eigenvalue weighted by molar-refractivity contribution is 7.92. The van der Waals surface area contributed by atoms with Crippen LogP contribution in [0.1, 0.15) is 27.2 Å². The highest BCUT2D eigenvalue weighted by Crippen LogP contribution is 2.39. The Labute approximate surface area is 223 Å². The van der Waals surface area contributed by atoms with Gasteiger partial charge in [-0.05, 0) is 62.7 Å². The molecule has 216 valence electrons. The van der Waals surface area contributed by atoms with Gasteiger partial charge in [0, 0.05) is 12.2 Å². The van der Waals surface area contributed by atoms with Crippen molar-refractivity contribution in [3.8, 4) is 5.75 Å². The third-order valence-electron chi connectivity index (χ3n) is 5.57. The first-order valence-electron chi connectivity index (χ1n) is 11.6. The van der Waals surface area contributed by atoms with E-state index in [9.17, 15) is 39.2 Å². The van der Waals surface area contributed by atoms with E-state index in [-0.39, 0.29) is 40.9 Å². The summed E-state index contributed by atoms with van der Waals surface area (Å²) in [5, 5.41) is 2.13. The second-order valence-electron chi connectivity index (χ2n) is 9.10. The number of hydrogen-bond donors (Lipinski definition) is 2. The van der Waals surface area contributed by atoms with Crippen LogP contribution in [0.5, 0.6) is 5.75 Å². The molecule has 10 nitrogen and oxygen atoms in total. The van der Waals surface area contributed by atoms with Crippen LogP contribution in [-0.4, -0.2) is 59.7 Å². The molecule has 0 unspecified atom stereocenters. The summed E-state index contributed by atoms with van der Waals surface area (Å²) in [5.41, 5.74) is -3.01. The Hall–Kier alpha value is -3.11. The fourth-order valence-corrected chi connectivity index (χ4v) is 6.07. The zero-order valence-electron chi connectivity index (χ0n) is 21.1. The van der Waals surface area contributed by atoms with E-state index in [4.69, 9.17) is 4.74 Å². The van der Waals surface area contributed by atoms with Crippen molar-refractivity contribution >= 4 is 37.5 Å². The van der Waals surface area contributed by atoms with Crippen LogP contribution in [-0.2, 0) is 24.8 Å². The molecule has 1 heterocycles. The van der Waals surface area contributed by atoms with E-state index in [0.29, 0.717) is 20.3 Å². The van der Waals surface area contributed by atoms with Crippen molar-refractivity contribution in [1.82, 2.24) is 4.72 Å². The van der Waals surface area contributed by atoms with Crippen LogP contribution in [0, 0.1) is 5.82 Å². The van der Waals surface area contributed by atoms with Gasteiger partial charge in [0.1, 0.15) is 17.7 Å². The molecule has 0 saturated carbocycles. The molecule has 16 heteroatoms. The zero-order valence-corrected chi connectivity index (χ0v) is 22.7. The molecular weight excluding hydrogens is 570 g/mol. The van der Waals surface area contributed by atoms with Crippen LogP contribution in [0.2, 0.25) is 0 Å². The van der Waals surface area contributed by atoms with E-state index in [0.717, 1.165) is 34.6 Å². The molecule has 0 bridgehead atoms. The smallest absolute Gasteiger partial charge is 0.427 e. The number of ether oxygens (including phenoxy) is 2. The number of benzene rings is 2. The summed E-state index contributed by atoms with van der Waals surface area (Å²) in [4.78, 5) is 11.9. The number of nitrogens with one attached hydrogen (secondary N) is 2. The number of rotatable bonds is 9. The Morgan fingerprint density at radius 2 is 1.74 bits per heavy atom. The summed E-state index contributed by atoms with van der Waals surface area (Å²) in [6.07, 6.45) is -6.91. The highest BCUT2D eigenvalue weighted by Gasteiger charge is 2.51. The Balaban J connectivity index is 1.94. The predicted molar refractivity (Wildman–Crippen MR) is 134 cm³/mol. The number of alkyl halides is 3. The Bertz CT molecular complexity index is 1410.